The molecule has 3 heterocycles. The zero-order valence-electron chi connectivity index (χ0n) is 34.7. The van der Waals surface area contributed by atoms with Crippen LogP contribution in [-0.2, 0) is 29.3 Å². The summed E-state index contributed by atoms with van der Waals surface area (Å²) in [6.07, 6.45) is 5.42. The second-order valence-electron chi connectivity index (χ2n) is 15.6. The Balaban J connectivity index is 1.00. The number of ether oxygens (including phenoxy) is 2. The Hall–Kier alpha value is -4.56. The van der Waals surface area contributed by atoms with Gasteiger partial charge in [0.2, 0.25) is 0 Å². The van der Waals surface area contributed by atoms with Crippen molar-refractivity contribution in [2.75, 3.05) is 75.0 Å². The molecule has 4 aromatic carbocycles. The second kappa shape index (κ2) is 21.2. The third-order valence-electron chi connectivity index (χ3n) is 11.1. The summed E-state index contributed by atoms with van der Waals surface area (Å²) in [6.45, 7) is 5.91. The van der Waals surface area contributed by atoms with Gasteiger partial charge in [-0.2, -0.15) is 13.2 Å². The summed E-state index contributed by atoms with van der Waals surface area (Å²) in [5.41, 5.74) is -1.71. The van der Waals surface area contributed by atoms with E-state index in [1.165, 1.54) is 35.0 Å². The first-order valence-corrected chi connectivity index (χ1v) is 25.1. The predicted octanol–water partition coefficient (Wildman–Crippen LogP) is 7.60. The highest BCUT2D eigenvalue weighted by Crippen LogP contribution is 2.37. The van der Waals surface area contributed by atoms with E-state index in [1.54, 1.807) is 18.4 Å². The number of halogens is 4. The number of piperazine rings is 1. The van der Waals surface area contributed by atoms with E-state index in [0.29, 0.717) is 62.7 Å². The molecule has 12 nitrogen and oxygen atoms in total. The van der Waals surface area contributed by atoms with E-state index >= 15 is 0 Å². The number of benzene rings is 4. The minimum absolute atomic E-state index is 0.0190. The quantitative estimate of drug-likeness (QED) is 0.0667. The number of hydrogen-bond donors (Lipinski definition) is 3. The number of carbonyl (C=O) groups is 1. The maximum absolute atomic E-state index is 14.1. The van der Waals surface area contributed by atoms with Crippen LogP contribution in [0.5, 0.6) is 0 Å². The van der Waals surface area contributed by atoms with Crippen LogP contribution in [0.25, 0.3) is 5.57 Å². The van der Waals surface area contributed by atoms with E-state index < -0.39 is 52.8 Å². The van der Waals surface area contributed by atoms with Gasteiger partial charge in [-0.25, -0.2) is 21.6 Å². The zero-order chi connectivity index (χ0) is 45.3. The maximum atomic E-state index is 14.1. The van der Waals surface area contributed by atoms with E-state index in [2.05, 4.69) is 20.4 Å². The number of alkyl halides is 3. The summed E-state index contributed by atoms with van der Waals surface area (Å²) in [5, 5.41) is 6.90. The van der Waals surface area contributed by atoms with E-state index in [-0.39, 0.29) is 11.7 Å². The Morgan fingerprint density at radius 1 is 0.922 bits per heavy atom. The molecule has 7 rings (SSSR count). The largest absolute Gasteiger partial charge is 0.501 e. The molecule has 0 saturated carbocycles. The molecule has 3 aliphatic rings. The lowest BCUT2D eigenvalue weighted by molar-refractivity contribution is -0.0435. The highest BCUT2D eigenvalue weighted by atomic mass is 35.5. The van der Waals surface area contributed by atoms with Gasteiger partial charge in [-0.05, 0) is 109 Å². The number of anilines is 2. The number of sulfone groups is 1. The topological polar surface area (TPSA) is 146 Å². The Morgan fingerprint density at radius 3 is 2.34 bits per heavy atom. The van der Waals surface area contributed by atoms with Gasteiger partial charge in [-0.1, -0.05) is 41.9 Å². The molecule has 0 radical (unpaired) electrons. The van der Waals surface area contributed by atoms with Crippen LogP contribution in [0.4, 0.5) is 24.5 Å². The first kappa shape index (κ1) is 47.4. The van der Waals surface area contributed by atoms with Gasteiger partial charge in [0.1, 0.15) is 11.0 Å². The van der Waals surface area contributed by atoms with Crippen molar-refractivity contribution in [3.8, 4) is 0 Å². The van der Waals surface area contributed by atoms with Gasteiger partial charge >= 0.3 is 5.51 Å². The average molecular weight is 961 g/mol. The Kier molecular flexibility index (Phi) is 15.7. The molecule has 3 N–H and O–H groups in total. The number of carbonyl (C=O) groups excluding carboxylic acids is 1. The molecule has 1 fully saturated rings. The highest BCUT2D eigenvalue weighted by Gasteiger charge is 2.48. The van der Waals surface area contributed by atoms with Crippen molar-refractivity contribution < 1.29 is 44.3 Å². The molecule has 3 aliphatic heterocycles. The number of nitrogens with zero attached hydrogens (tertiary/aromatic N) is 2. The van der Waals surface area contributed by atoms with Gasteiger partial charge < -0.3 is 25.0 Å². The molecule has 64 heavy (non-hydrogen) atoms. The highest BCUT2D eigenvalue weighted by molar-refractivity contribution is 7.99. The molecule has 4 aromatic rings. The summed E-state index contributed by atoms with van der Waals surface area (Å²) in [7, 11) is -10.9. The SMILES string of the molecule is O=C(NS(=O)(=O)c1ccc(N[C@H](CCNCC2CC=CO2)CSc2ccccc2)c(S(=O)(=O)C(F)(F)F)c1)c1ccc(N2CCN(CC3=C(c4ccc(Cl)cc4)CCOC3)CC2)cc1. The standard InChI is InChI=1S/C45H49ClF3N5O7S3/c46-35-12-8-32(9-13-35)41-19-26-60-30-34(41)29-53-21-23-54(24-22-53)37-14-10-33(11-15-37)44(55)52-64(58,59)40-16-17-42(43(27-40)63(56,57)45(47,48)49)51-36(31-62-39-6-2-1-3-7-39)18-20-50-28-38-5-4-25-61-38/h1-4,6-17,25,27,36,38,50-51H,5,18-24,26,28-31H2,(H,52,55)/t36-,38?/m1/s1. The first-order valence-electron chi connectivity index (χ1n) is 20.8. The summed E-state index contributed by atoms with van der Waals surface area (Å²) >= 11 is 7.54. The van der Waals surface area contributed by atoms with Crippen LogP contribution in [0.15, 0.2) is 130 Å². The molecule has 342 valence electrons. The molecule has 1 unspecified atom stereocenters. The maximum Gasteiger partial charge on any atom is 0.501 e. The van der Waals surface area contributed by atoms with Crippen molar-refractivity contribution in [3.05, 3.63) is 131 Å². The fraction of sp³-hybridized carbons (Fsp3) is 0.356. The number of hydrogen-bond acceptors (Lipinski definition) is 12. The monoisotopic (exact) mass is 959 g/mol. The third-order valence-corrected chi connectivity index (χ3v) is 15.4. The lowest BCUT2D eigenvalue weighted by atomic mass is 9.95. The van der Waals surface area contributed by atoms with Crippen LogP contribution in [0.2, 0.25) is 5.02 Å². The van der Waals surface area contributed by atoms with Crippen LogP contribution in [-0.4, -0.2) is 110 Å². The molecule has 0 aromatic heterocycles. The summed E-state index contributed by atoms with van der Waals surface area (Å²) in [5.74, 6) is -0.701. The van der Waals surface area contributed by atoms with E-state index in [4.69, 9.17) is 21.1 Å². The zero-order valence-corrected chi connectivity index (χ0v) is 37.9. The van der Waals surface area contributed by atoms with Crippen molar-refractivity contribution >= 4 is 66.1 Å². The Bertz CT molecular complexity index is 2520. The normalized spacial score (nSPS) is 17.9. The van der Waals surface area contributed by atoms with Crippen molar-refractivity contribution in [1.29, 1.82) is 0 Å². The smallest absolute Gasteiger partial charge is 0.497 e. The van der Waals surface area contributed by atoms with Gasteiger partial charge in [0.25, 0.3) is 25.8 Å². The van der Waals surface area contributed by atoms with Crippen LogP contribution in [0.1, 0.15) is 35.2 Å². The molecule has 1 amide bonds. The van der Waals surface area contributed by atoms with Crippen molar-refractivity contribution in [3.63, 3.8) is 0 Å². The molecule has 2 atom stereocenters. The number of sulfonamides is 1. The van der Waals surface area contributed by atoms with Crippen LogP contribution < -0.4 is 20.3 Å². The number of amides is 1. The Labute approximate surface area is 381 Å². The van der Waals surface area contributed by atoms with Gasteiger partial charge in [0, 0.05) is 78.7 Å². The summed E-state index contributed by atoms with van der Waals surface area (Å²) < 4.78 is 109. The van der Waals surface area contributed by atoms with Gasteiger partial charge in [-0.15, -0.1) is 11.8 Å². The van der Waals surface area contributed by atoms with Gasteiger partial charge in [-0.3, -0.25) is 9.69 Å². The lowest BCUT2D eigenvalue weighted by Gasteiger charge is -2.37. The van der Waals surface area contributed by atoms with E-state index in [1.807, 2.05) is 65.4 Å². The fourth-order valence-corrected chi connectivity index (χ4v) is 10.8. The van der Waals surface area contributed by atoms with Crippen molar-refractivity contribution in [2.24, 2.45) is 0 Å². The van der Waals surface area contributed by atoms with Crippen LogP contribution >= 0.6 is 23.4 Å². The van der Waals surface area contributed by atoms with Crippen LogP contribution in [0, 0.1) is 0 Å². The molecular formula is C45H49ClF3N5O7S3. The predicted molar refractivity (Wildman–Crippen MR) is 244 cm³/mol. The first-order chi connectivity index (χ1) is 30.7. The van der Waals surface area contributed by atoms with Crippen molar-refractivity contribution in [1.82, 2.24) is 14.9 Å². The van der Waals surface area contributed by atoms with Crippen LogP contribution in [0.3, 0.4) is 0 Å². The third kappa shape index (κ3) is 12.2. The van der Waals surface area contributed by atoms with E-state index in [9.17, 15) is 34.8 Å². The molecule has 0 spiro atoms. The molecule has 0 bridgehead atoms. The molecule has 19 heteroatoms. The summed E-state index contributed by atoms with van der Waals surface area (Å²) in [4.78, 5) is 16.6. The van der Waals surface area contributed by atoms with Crippen molar-refractivity contribution in [2.45, 2.75) is 51.6 Å². The molecule has 0 aliphatic carbocycles. The van der Waals surface area contributed by atoms with E-state index in [0.717, 1.165) is 60.8 Å². The molecular weight excluding hydrogens is 911 g/mol. The number of rotatable bonds is 18. The minimum atomic E-state index is -6.07. The fourth-order valence-electron chi connectivity index (χ4n) is 7.64. The Morgan fingerprint density at radius 2 is 1.66 bits per heavy atom. The second-order valence-corrected chi connectivity index (χ2v) is 20.7. The van der Waals surface area contributed by atoms with Gasteiger partial charge in [0.05, 0.1) is 30.1 Å². The summed E-state index contributed by atoms with van der Waals surface area (Å²) in [6, 6.07) is 25.3. The lowest BCUT2D eigenvalue weighted by Crippen LogP contribution is -2.47. The molecule has 1 saturated heterocycles. The number of nitrogens with one attached hydrogen (secondary N) is 3. The average Bonchev–Trinajstić information content (AvgIpc) is 3.81. The number of thioether (sulfide) groups is 1. The van der Waals surface area contributed by atoms with Gasteiger partial charge in [0.15, 0.2) is 0 Å². The minimum Gasteiger partial charge on any atom is -0.497 e.